The average molecular weight is 753 g/mol. The van der Waals surface area contributed by atoms with Crippen LogP contribution < -0.4 is 21.7 Å². The second-order valence-corrected chi connectivity index (χ2v) is 16.2. The van der Waals surface area contributed by atoms with Crippen molar-refractivity contribution < 1.29 is 48.0 Å². The van der Waals surface area contributed by atoms with Gasteiger partial charge in [-0.3, -0.25) is 24.0 Å². The van der Waals surface area contributed by atoms with Crippen molar-refractivity contribution >= 4 is 29.3 Å². The zero-order chi connectivity index (χ0) is 38.7. The van der Waals surface area contributed by atoms with Gasteiger partial charge in [-0.1, -0.05) is 51.2 Å². The van der Waals surface area contributed by atoms with E-state index in [4.69, 9.17) is 24.7 Å². The number of hydrogen-bond acceptors (Lipinski definition) is 11. The normalized spacial score (nSPS) is 37.9. The van der Waals surface area contributed by atoms with Gasteiger partial charge >= 0.3 is 0 Å². The maximum Gasteiger partial charge on any atom is 0.246 e. The smallest absolute Gasteiger partial charge is 0.246 e. The summed E-state index contributed by atoms with van der Waals surface area (Å²) in [5, 5.41) is 19.4. The van der Waals surface area contributed by atoms with Gasteiger partial charge in [0.05, 0.1) is 19.2 Å². The maximum absolute atomic E-state index is 14.4. The third kappa shape index (κ3) is 7.55. The Kier molecular flexibility index (Phi) is 12.2. The van der Waals surface area contributed by atoms with Crippen molar-refractivity contribution in [1.29, 1.82) is 0 Å². The molecule has 3 saturated carbocycles. The molecule has 0 radical (unpaired) electrons. The number of ketones is 2. The number of ether oxygens (including phenoxy) is 4. The van der Waals surface area contributed by atoms with E-state index in [2.05, 4.69) is 34.7 Å². The number of carbonyl (C=O) groups excluding carboxylic acids is 5. The predicted molar refractivity (Wildman–Crippen MR) is 194 cm³/mol. The first-order valence-corrected chi connectivity index (χ1v) is 19.5. The lowest BCUT2D eigenvalue weighted by Crippen LogP contribution is -2.68. The first-order valence-electron chi connectivity index (χ1n) is 19.5. The molecule has 1 saturated heterocycles. The Balaban J connectivity index is 1.01. The van der Waals surface area contributed by atoms with Crippen LogP contribution in [0.5, 0.6) is 0 Å². The molecule has 1 aliphatic heterocycles. The summed E-state index contributed by atoms with van der Waals surface area (Å²) < 4.78 is 24.3. The van der Waals surface area contributed by atoms with Gasteiger partial charge in [-0.15, -0.1) is 5.92 Å². The fourth-order valence-corrected chi connectivity index (χ4v) is 10.4. The van der Waals surface area contributed by atoms with E-state index in [9.17, 15) is 29.1 Å². The summed E-state index contributed by atoms with van der Waals surface area (Å²) in [4.78, 5) is 63.6. The van der Waals surface area contributed by atoms with E-state index in [0.29, 0.717) is 19.3 Å². The predicted octanol–water partition coefficient (Wildman–Crippen LogP) is 1.69. The SMILES string of the molecule is CCCC1OC2(N)CC3C4CCC5=CC(=O)C=CC5(C)C4C(O)CC3(C)C2(C(=O)COCNC(=O)CNC(=O)CNC(=O)COC2C#CCCCCC2)O1. The zero-order valence-corrected chi connectivity index (χ0v) is 31.7. The lowest BCUT2D eigenvalue weighted by Gasteiger charge is -2.59. The summed E-state index contributed by atoms with van der Waals surface area (Å²) in [6, 6.07) is 0. The van der Waals surface area contributed by atoms with E-state index < -0.39 is 64.7 Å². The highest BCUT2D eigenvalue weighted by Crippen LogP contribution is 2.71. The van der Waals surface area contributed by atoms with E-state index in [1.165, 1.54) is 0 Å². The number of nitrogens with two attached hydrogens (primary N) is 1. The minimum atomic E-state index is -1.61. The van der Waals surface area contributed by atoms with Crippen molar-refractivity contribution in [2.24, 2.45) is 34.3 Å². The lowest BCUT2D eigenvalue weighted by molar-refractivity contribution is -0.201. The zero-order valence-electron chi connectivity index (χ0n) is 31.7. The second kappa shape index (κ2) is 16.3. The van der Waals surface area contributed by atoms with E-state index in [1.54, 1.807) is 12.2 Å². The van der Waals surface area contributed by atoms with Crippen LogP contribution >= 0.6 is 0 Å². The first kappa shape index (κ1) is 40.2. The summed E-state index contributed by atoms with van der Waals surface area (Å²) in [5.41, 5.74) is 3.69. The molecule has 6 rings (SSSR count). The number of rotatable bonds is 14. The fraction of sp³-hybridized carbons (Fsp3) is 0.725. The van der Waals surface area contributed by atoms with Gasteiger partial charge in [-0.05, 0) is 75.4 Å². The number of amides is 3. The number of Topliss-reactive ketones (excluding diaryl/α,β-unsaturated/α-hetero) is 1. The first-order chi connectivity index (χ1) is 25.8. The van der Waals surface area contributed by atoms with Crippen LogP contribution in [0.2, 0.25) is 0 Å². The minimum absolute atomic E-state index is 0.00552. The van der Waals surface area contributed by atoms with E-state index in [0.717, 1.165) is 50.5 Å². The molecule has 0 aromatic rings. The van der Waals surface area contributed by atoms with Gasteiger partial charge in [0, 0.05) is 23.2 Å². The number of nitrogens with one attached hydrogen (secondary N) is 3. The minimum Gasteiger partial charge on any atom is -0.393 e. The molecule has 0 bridgehead atoms. The van der Waals surface area contributed by atoms with Crippen LogP contribution in [0.1, 0.15) is 91.4 Å². The van der Waals surface area contributed by atoms with Crippen LogP contribution in [0.15, 0.2) is 23.8 Å². The van der Waals surface area contributed by atoms with Crippen molar-refractivity contribution in [3.63, 3.8) is 0 Å². The molecule has 14 heteroatoms. The standard InChI is InChI=1S/C40H56N4O10/c1-4-10-35-53-39(41)18-29-28-14-13-25-17-26(45)15-16-37(25,2)36(28)30(46)19-38(29,3)40(39,54-35)31(47)22-51-24-44-33(49)21-42-32(48)20-43-34(50)23-52-27-11-8-6-5-7-9-12-27/h15-17,27-30,35-36,46H,4-8,10-11,13-14,18-24,41H2,1-3H3,(H,42,48)(H,43,50)(H,44,49). The molecule has 5 aliphatic carbocycles. The molecule has 10 atom stereocenters. The average Bonchev–Trinajstić information content (AvgIpc) is 3.51. The molecule has 0 aromatic heterocycles. The third-order valence-corrected chi connectivity index (χ3v) is 12.8. The highest BCUT2D eigenvalue weighted by atomic mass is 16.8. The van der Waals surface area contributed by atoms with Gasteiger partial charge < -0.3 is 45.7 Å². The van der Waals surface area contributed by atoms with Crippen molar-refractivity contribution in [1.82, 2.24) is 16.0 Å². The largest absolute Gasteiger partial charge is 0.393 e. The summed E-state index contributed by atoms with van der Waals surface area (Å²) >= 11 is 0. The van der Waals surface area contributed by atoms with Crippen molar-refractivity contribution in [2.75, 3.05) is 33.0 Å². The van der Waals surface area contributed by atoms with Crippen LogP contribution in [-0.4, -0.2) is 97.3 Å². The van der Waals surface area contributed by atoms with Gasteiger partial charge in [0.15, 0.2) is 29.2 Å². The summed E-state index contributed by atoms with van der Waals surface area (Å²) in [6.07, 6.45) is 11.4. The van der Waals surface area contributed by atoms with E-state index >= 15 is 0 Å². The summed E-state index contributed by atoms with van der Waals surface area (Å²) in [7, 11) is 0. The van der Waals surface area contributed by atoms with Crippen molar-refractivity contribution in [3.8, 4) is 11.8 Å². The van der Waals surface area contributed by atoms with Crippen LogP contribution in [0, 0.1) is 40.4 Å². The molecule has 6 N–H and O–H groups in total. The Morgan fingerprint density at radius 1 is 1.00 bits per heavy atom. The van der Waals surface area contributed by atoms with Crippen molar-refractivity contribution in [3.05, 3.63) is 23.8 Å². The van der Waals surface area contributed by atoms with Gasteiger partial charge in [-0.2, -0.15) is 0 Å². The molecule has 54 heavy (non-hydrogen) atoms. The highest BCUT2D eigenvalue weighted by Gasteiger charge is 2.80. The second-order valence-electron chi connectivity index (χ2n) is 16.2. The Hall–Kier alpha value is -3.45. The summed E-state index contributed by atoms with van der Waals surface area (Å²) in [6.45, 7) is 4.38. The number of carbonyl (C=O) groups is 5. The Labute approximate surface area is 317 Å². The molecule has 296 valence electrons. The molecular formula is C40H56N4O10. The Morgan fingerprint density at radius 2 is 1.76 bits per heavy atom. The van der Waals surface area contributed by atoms with Crippen molar-refractivity contribution in [2.45, 2.75) is 121 Å². The topological polar surface area (TPSA) is 205 Å². The van der Waals surface area contributed by atoms with Crippen LogP contribution in [-0.2, 0) is 42.9 Å². The maximum atomic E-state index is 14.4. The van der Waals surface area contributed by atoms with Gasteiger partial charge in [0.25, 0.3) is 0 Å². The number of fused-ring (bicyclic) bond motifs is 7. The number of aliphatic hydroxyl groups excluding tert-OH is 1. The molecule has 3 amide bonds. The molecule has 14 nitrogen and oxygen atoms in total. The van der Waals surface area contributed by atoms with Crippen LogP contribution in [0.3, 0.4) is 0 Å². The molecule has 0 spiro atoms. The van der Waals surface area contributed by atoms with Gasteiger partial charge in [-0.25, -0.2) is 0 Å². The third-order valence-electron chi connectivity index (χ3n) is 12.8. The number of hydrogen-bond donors (Lipinski definition) is 5. The molecule has 10 unspecified atom stereocenters. The van der Waals surface area contributed by atoms with Crippen LogP contribution in [0.4, 0.5) is 0 Å². The molecule has 1 heterocycles. The molecule has 6 aliphatic rings. The summed E-state index contributed by atoms with van der Waals surface area (Å²) in [5.74, 6) is 3.73. The Morgan fingerprint density at radius 3 is 2.54 bits per heavy atom. The number of allylic oxidation sites excluding steroid dienone is 4. The van der Waals surface area contributed by atoms with Crippen LogP contribution in [0.25, 0.3) is 0 Å². The monoisotopic (exact) mass is 752 g/mol. The quantitative estimate of drug-likeness (QED) is 0.0982. The molecule has 0 aromatic carbocycles. The molecular weight excluding hydrogens is 696 g/mol. The molecule has 4 fully saturated rings. The van der Waals surface area contributed by atoms with Gasteiger partial charge in [0.1, 0.15) is 26.0 Å². The van der Waals surface area contributed by atoms with E-state index in [1.807, 2.05) is 19.9 Å². The van der Waals surface area contributed by atoms with Gasteiger partial charge in [0.2, 0.25) is 17.7 Å². The lowest BCUT2D eigenvalue weighted by atomic mass is 9.46. The Bertz CT molecular complexity index is 1620. The fourth-order valence-electron chi connectivity index (χ4n) is 10.4. The van der Waals surface area contributed by atoms with E-state index in [-0.39, 0.29) is 62.5 Å². The highest BCUT2D eigenvalue weighted by molar-refractivity contribution is 6.01. The number of aliphatic hydroxyl groups is 1.